The normalized spacial score (nSPS) is 9.97. The molecule has 6 rings (SSSR count). The minimum absolute atomic E-state index is 0.0817. The summed E-state index contributed by atoms with van der Waals surface area (Å²) >= 11 is 0. The summed E-state index contributed by atoms with van der Waals surface area (Å²) in [6, 6.07) is 45.1. The van der Waals surface area contributed by atoms with Crippen LogP contribution in [0, 0.1) is 60.4 Å². The molecule has 0 saturated carbocycles. The Labute approximate surface area is 565 Å². The van der Waals surface area contributed by atoms with Crippen LogP contribution in [0.5, 0.6) is 0 Å². The second kappa shape index (κ2) is 55.8. The quantitative estimate of drug-likeness (QED) is 0.00969. The largest absolute Gasteiger partial charge is 0.487 e. The number of nitro groups is 4. The monoisotopic (exact) mass is 1290 g/mol. The van der Waals surface area contributed by atoms with Crippen LogP contribution < -0.4 is 17.2 Å². The Kier molecular flexibility index (Phi) is 51.8. The van der Waals surface area contributed by atoms with Crippen LogP contribution in [0.1, 0.15) is 95.3 Å². The first-order chi connectivity index (χ1) is 45.1. The average molecular weight is 1290 g/mol. The number of allylic oxidation sites excluding steroid dienone is 13. The van der Waals surface area contributed by atoms with Gasteiger partial charge in [-0.15, -0.1) is 0 Å². The van der Waals surface area contributed by atoms with Crippen LogP contribution in [0.15, 0.2) is 281 Å². The molecule has 0 spiro atoms. The second-order valence-electron chi connectivity index (χ2n) is 20.4. The number of hydrogen-bond donors (Lipinski definition) is 3. The number of nitrogens with zero attached hydrogens (tertiary/aromatic N) is 4. The molecule has 18 heteroatoms. The van der Waals surface area contributed by atoms with Crippen molar-refractivity contribution >= 4 is 31.6 Å². The first-order valence-electron chi connectivity index (χ1n) is 29.4. The molecule has 6 aromatic carbocycles. The number of nitrogens with two attached hydrogens (primary N) is 3. The Morgan fingerprint density at radius 1 is 0.526 bits per heavy atom. The van der Waals surface area contributed by atoms with Crippen LogP contribution in [-0.4, -0.2) is 41.6 Å². The standard InChI is InChI=1S/C16H21N.C15H14N2O2.C9H9NO2.2C8H9NO2.C8H11N.C8H12.C3H5.C2H6BO2/c1-4-14(10-13(2)3)8-9-15-6-5-7-16(11-15)12-17;16-15-6-2-4-13(10-15)8-7-12-3-1-5-14(9-12)11-17(18)19;1-2-8-4-3-5-9(6-8)7-10(11)12;2*1-7-3-2-4-8(5-7)6-9(10)11;1-4-7(3)6-8(9)5-2;1-5-8(4)6-7(2)3;1-3-2;1-4-3-5-2/h4-7,10-11H,1-2,8-9,12,17H2,3H3;1-10H,11,16H2;2-6H,1,7H2;2*2-5H,6H2,1H3;4-6H,1-3,9H2;5-6H,1-2H2,3-4H3;1H2,2H3;1-2H3/q;;;;;;;+1;. The highest BCUT2D eigenvalue weighted by atomic mass is 16.6. The van der Waals surface area contributed by atoms with E-state index in [0.29, 0.717) is 29.1 Å². The molecule has 6 aromatic rings. The van der Waals surface area contributed by atoms with Crippen molar-refractivity contribution in [1.82, 2.24) is 0 Å². The van der Waals surface area contributed by atoms with Gasteiger partial charge in [-0.3, -0.25) is 40.5 Å². The molecule has 95 heavy (non-hydrogen) atoms. The lowest BCUT2D eigenvalue weighted by molar-refractivity contribution is -0.496. The lowest BCUT2D eigenvalue weighted by atomic mass is 10.0. The van der Waals surface area contributed by atoms with E-state index in [4.69, 9.17) is 17.2 Å². The number of anilines is 1. The van der Waals surface area contributed by atoms with E-state index < -0.39 is 0 Å². The van der Waals surface area contributed by atoms with Gasteiger partial charge in [0.05, 0.1) is 0 Å². The van der Waals surface area contributed by atoms with E-state index in [-0.39, 0.29) is 45.9 Å². The highest BCUT2D eigenvalue weighted by molar-refractivity contribution is 6.17. The predicted molar refractivity (Wildman–Crippen MR) is 399 cm³/mol. The SMILES string of the molecule is C=CC(=C)C=C(N)C=C.C=CC(=CC(=C)C)CCc1cccc(CN)c1.C=CC(C)=CC(=C)C.C=Cc1cccc(C[N+](=O)[O-])c1.C=[C+]C.CO[B]OC.Cc1cccc(C[N+](=O)[O-])c1.Cc1cccc(C[N+](=O)[O-])c1.Nc1cccc(C=Cc2cccc(C[N+](=O)[O-])c2)c1. The van der Waals surface area contributed by atoms with Crippen molar-refractivity contribution in [3.8, 4) is 0 Å². The number of nitrogen functional groups attached to an aromatic ring is 1. The van der Waals surface area contributed by atoms with Gasteiger partial charge in [-0.2, -0.15) is 0 Å². The first-order valence-corrected chi connectivity index (χ1v) is 29.4. The van der Waals surface area contributed by atoms with E-state index in [1.165, 1.54) is 38.6 Å². The third kappa shape index (κ3) is 53.4. The first kappa shape index (κ1) is 88.2. The fraction of sp³-hybridized carbons (Fsp3) is 0.195. The zero-order chi connectivity index (χ0) is 72.5. The molecule has 0 aliphatic carbocycles. The Hall–Kier alpha value is -11.0. The molecule has 0 fully saturated rings. The van der Waals surface area contributed by atoms with Crippen LogP contribution in [0.4, 0.5) is 5.69 Å². The van der Waals surface area contributed by atoms with Gasteiger partial charge in [-0.1, -0.05) is 238 Å². The molecule has 0 aliphatic rings. The van der Waals surface area contributed by atoms with Crippen LogP contribution >= 0.6 is 0 Å². The Morgan fingerprint density at radius 2 is 0.916 bits per heavy atom. The van der Waals surface area contributed by atoms with Crippen molar-refractivity contribution in [1.29, 1.82) is 0 Å². The molecular formula is C77H96BN7O10+. The van der Waals surface area contributed by atoms with Crippen molar-refractivity contribution in [2.45, 2.75) is 87.1 Å². The van der Waals surface area contributed by atoms with E-state index in [1.807, 2.05) is 150 Å². The number of rotatable bonds is 24. The van der Waals surface area contributed by atoms with Gasteiger partial charge in [0, 0.05) is 74.1 Å². The highest BCUT2D eigenvalue weighted by Gasteiger charge is 2.04. The van der Waals surface area contributed by atoms with Crippen molar-refractivity contribution in [2.24, 2.45) is 11.5 Å². The molecule has 17 nitrogen and oxygen atoms in total. The van der Waals surface area contributed by atoms with Gasteiger partial charge in [0.25, 0.3) is 0 Å². The molecule has 6 N–H and O–H groups in total. The molecule has 0 atom stereocenters. The molecule has 501 valence electrons. The predicted octanol–water partition coefficient (Wildman–Crippen LogP) is 17.9. The number of aryl methyl sites for hydroxylation is 3. The van der Waals surface area contributed by atoms with Crippen LogP contribution in [0.2, 0.25) is 0 Å². The second-order valence-corrected chi connectivity index (χ2v) is 20.4. The Bertz CT molecular complexity index is 3470. The summed E-state index contributed by atoms with van der Waals surface area (Å²) in [6.07, 6.45) is 22.7. The summed E-state index contributed by atoms with van der Waals surface area (Å²) in [6.45, 7) is 44.2. The van der Waals surface area contributed by atoms with Crippen LogP contribution in [-0.2, 0) is 48.5 Å². The average Bonchev–Trinajstić information content (AvgIpc) is 1.35. The topological polar surface area (TPSA) is 269 Å². The zero-order valence-electron chi connectivity index (χ0n) is 56.6. The molecule has 0 aliphatic heterocycles. The molecular weight excluding hydrogens is 1190 g/mol. The Balaban J connectivity index is -0.00000104. The fourth-order valence-corrected chi connectivity index (χ4v) is 7.31. The van der Waals surface area contributed by atoms with Gasteiger partial charge in [-0.05, 0) is 135 Å². The minimum Gasteiger partial charge on any atom is -0.416 e. The highest BCUT2D eigenvalue weighted by Crippen LogP contribution is 2.16. The van der Waals surface area contributed by atoms with E-state index in [0.717, 1.165) is 74.1 Å². The van der Waals surface area contributed by atoms with E-state index in [9.17, 15) is 40.5 Å². The van der Waals surface area contributed by atoms with E-state index in [1.54, 1.807) is 67.6 Å². The van der Waals surface area contributed by atoms with Gasteiger partial charge >= 0.3 is 7.69 Å². The van der Waals surface area contributed by atoms with E-state index in [2.05, 4.69) is 105 Å². The summed E-state index contributed by atoms with van der Waals surface area (Å²) in [5.74, 6) is 0. The van der Waals surface area contributed by atoms with Gasteiger partial charge in [0.1, 0.15) is 6.58 Å². The molecule has 0 aromatic heterocycles. The Morgan fingerprint density at radius 3 is 1.26 bits per heavy atom. The number of hydrogen-bond acceptors (Lipinski definition) is 13. The van der Waals surface area contributed by atoms with Gasteiger partial charge in [0.2, 0.25) is 32.3 Å². The van der Waals surface area contributed by atoms with Gasteiger partial charge in [0.15, 0.2) is 6.92 Å². The van der Waals surface area contributed by atoms with Crippen molar-refractivity contribution in [3.63, 3.8) is 0 Å². The molecule has 0 unspecified atom stereocenters. The summed E-state index contributed by atoms with van der Waals surface area (Å²) in [5, 5.41) is 40.8. The minimum atomic E-state index is -0.345. The lowest BCUT2D eigenvalue weighted by Gasteiger charge is -2.05. The summed E-state index contributed by atoms with van der Waals surface area (Å²) in [7, 11) is 4.31. The maximum Gasteiger partial charge on any atom is 0.487 e. The fourth-order valence-electron chi connectivity index (χ4n) is 7.31. The van der Waals surface area contributed by atoms with Crippen LogP contribution in [0.3, 0.4) is 0 Å². The van der Waals surface area contributed by atoms with E-state index >= 15 is 0 Å². The molecule has 1 radical (unpaired) electrons. The van der Waals surface area contributed by atoms with Crippen molar-refractivity contribution in [3.05, 3.63) is 389 Å². The molecule has 0 heterocycles. The van der Waals surface area contributed by atoms with Gasteiger partial charge < -0.3 is 26.5 Å². The smallest absolute Gasteiger partial charge is 0.416 e. The van der Waals surface area contributed by atoms with Crippen LogP contribution in [0.25, 0.3) is 18.2 Å². The third-order valence-corrected chi connectivity index (χ3v) is 11.4. The summed E-state index contributed by atoms with van der Waals surface area (Å²) < 4.78 is 8.69. The lowest BCUT2D eigenvalue weighted by Crippen LogP contribution is -1.97. The van der Waals surface area contributed by atoms with Crippen molar-refractivity contribution < 1.29 is 29.0 Å². The zero-order valence-corrected chi connectivity index (χ0v) is 56.6. The van der Waals surface area contributed by atoms with Gasteiger partial charge in [-0.25, -0.2) is 0 Å². The molecule has 0 bridgehead atoms. The maximum absolute atomic E-state index is 10.5. The van der Waals surface area contributed by atoms with Crippen molar-refractivity contribution in [2.75, 3.05) is 20.0 Å². The summed E-state index contributed by atoms with van der Waals surface area (Å²) in [5.41, 5.74) is 33.8. The third-order valence-electron chi connectivity index (χ3n) is 11.4. The number of benzene rings is 6. The summed E-state index contributed by atoms with van der Waals surface area (Å²) in [4.78, 5) is 39.5. The molecule has 0 amide bonds. The maximum atomic E-state index is 10.5. The molecule has 0 saturated heterocycles.